The monoisotopic (exact) mass is 488 g/mol. The number of hydrogen-bond donors (Lipinski definition) is 1. The average Bonchev–Trinajstić information content (AvgIpc) is 3.27. The Morgan fingerprint density at radius 3 is 2.51 bits per heavy atom. The molecule has 184 valence electrons. The van der Waals surface area contributed by atoms with Gasteiger partial charge in [-0.3, -0.25) is 4.79 Å². The van der Waals surface area contributed by atoms with Gasteiger partial charge in [0.1, 0.15) is 22.9 Å². The van der Waals surface area contributed by atoms with Crippen molar-refractivity contribution < 1.29 is 27.1 Å². The second kappa shape index (κ2) is 8.67. The van der Waals surface area contributed by atoms with Crippen LogP contribution in [0.4, 0.5) is 17.6 Å². The Kier molecular flexibility index (Phi) is 5.79. The molecule has 1 saturated heterocycles. The molecule has 3 heterocycles. The van der Waals surface area contributed by atoms with E-state index >= 15 is 0 Å². The predicted octanol–water partition coefficient (Wildman–Crippen LogP) is 4.75. The highest BCUT2D eigenvalue weighted by atomic mass is 19.4. The molecular formula is C25H24F4N4O2. The van der Waals surface area contributed by atoms with Gasteiger partial charge in [0.25, 0.3) is 5.91 Å². The number of likely N-dealkylation sites (tertiary alicyclic amines) is 1. The molecule has 2 aromatic carbocycles. The van der Waals surface area contributed by atoms with E-state index in [2.05, 4.69) is 15.3 Å². The van der Waals surface area contributed by atoms with Gasteiger partial charge in [0, 0.05) is 25.1 Å². The first-order valence-electron chi connectivity index (χ1n) is 11.3. The molecule has 35 heavy (non-hydrogen) atoms. The molecule has 1 spiro atoms. The smallest absolute Gasteiger partial charge is 0.434 e. The van der Waals surface area contributed by atoms with Crippen LogP contribution in [-0.4, -0.2) is 46.3 Å². The second-order valence-corrected chi connectivity index (χ2v) is 9.12. The molecule has 1 fully saturated rings. The first-order chi connectivity index (χ1) is 16.7. The Labute approximate surface area is 199 Å². The summed E-state index contributed by atoms with van der Waals surface area (Å²) < 4.78 is 63.3. The minimum atomic E-state index is -4.94. The number of nitrogens with one attached hydrogen (secondary N) is 1. The van der Waals surface area contributed by atoms with Crippen molar-refractivity contribution in [3.63, 3.8) is 0 Å². The topological polar surface area (TPSA) is 59.4 Å². The predicted molar refractivity (Wildman–Crippen MR) is 120 cm³/mol. The lowest BCUT2D eigenvalue weighted by molar-refractivity contribution is -0.143. The van der Waals surface area contributed by atoms with Crippen molar-refractivity contribution >= 4 is 5.91 Å². The van der Waals surface area contributed by atoms with Gasteiger partial charge in [0.2, 0.25) is 0 Å². The number of hydrogen-bond acceptors (Lipinski definition) is 4. The molecule has 0 saturated carbocycles. The highest BCUT2D eigenvalue weighted by molar-refractivity contribution is 5.95. The Hall–Kier alpha value is -3.40. The van der Waals surface area contributed by atoms with Gasteiger partial charge in [-0.25, -0.2) is 9.07 Å². The van der Waals surface area contributed by atoms with Gasteiger partial charge in [0.05, 0.1) is 17.8 Å². The summed E-state index contributed by atoms with van der Waals surface area (Å²) in [5, 5.41) is 6.52. The van der Waals surface area contributed by atoms with E-state index < -0.39 is 40.8 Å². The van der Waals surface area contributed by atoms with Crippen molar-refractivity contribution in [1.82, 2.24) is 20.0 Å². The third-order valence-corrected chi connectivity index (χ3v) is 6.76. The first-order valence-corrected chi connectivity index (χ1v) is 11.3. The molecule has 5 rings (SSSR count). The number of benzene rings is 2. The van der Waals surface area contributed by atoms with E-state index in [1.54, 1.807) is 12.1 Å². The van der Waals surface area contributed by atoms with Crippen LogP contribution in [0.5, 0.6) is 5.75 Å². The zero-order chi connectivity index (χ0) is 24.8. The van der Waals surface area contributed by atoms with Crippen LogP contribution in [-0.2, 0) is 6.18 Å². The summed E-state index contributed by atoms with van der Waals surface area (Å²) in [6.45, 7) is 1.63. The zero-order valence-electron chi connectivity index (χ0n) is 19.0. The number of amides is 1. The normalized spacial score (nSPS) is 19.7. The minimum Gasteiger partial charge on any atom is -0.487 e. The summed E-state index contributed by atoms with van der Waals surface area (Å²) in [5.74, 6) is -1.19. The van der Waals surface area contributed by atoms with Gasteiger partial charge in [-0.2, -0.15) is 18.3 Å². The van der Waals surface area contributed by atoms with E-state index in [1.165, 1.54) is 18.2 Å². The lowest BCUT2D eigenvalue weighted by Crippen LogP contribution is -2.51. The average molecular weight is 488 g/mol. The molecule has 6 nitrogen and oxygen atoms in total. The van der Waals surface area contributed by atoms with E-state index in [-0.39, 0.29) is 5.69 Å². The van der Waals surface area contributed by atoms with E-state index in [4.69, 9.17) is 4.74 Å². The fourth-order valence-corrected chi connectivity index (χ4v) is 4.91. The lowest BCUT2D eigenvalue weighted by atomic mass is 9.80. The van der Waals surface area contributed by atoms with Crippen LogP contribution in [0.25, 0.3) is 5.69 Å². The van der Waals surface area contributed by atoms with E-state index in [0.29, 0.717) is 22.4 Å². The van der Waals surface area contributed by atoms with Crippen LogP contribution < -0.4 is 10.1 Å². The van der Waals surface area contributed by atoms with Crippen LogP contribution in [0.1, 0.15) is 46.9 Å². The number of piperidine rings is 1. The van der Waals surface area contributed by atoms with Crippen molar-refractivity contribution in [3.8, 4) is 11.4 Å². The maximum atomic E-state index is 14.3. The van der Waals surface area contributed by atoms with Gasteiger partial charge < -0.3 is 15.0 Å². The molecule has 2 aliphatic rings. The summed E-state index contributed by atoms with van der Waals surface area (Å²) >= 11 is 0. The molecule has 1 aromatic heterocycles. The Bertz CT molecular complexity index is 1250. The number of carbonyl (C=O) groups excluding carboxylic acids is 1. The van der Waals surface area contributed by atoms with E-state index in [1.807, 2.05) is 19.2 Å². The van der Waals surface area contributed by atoms with Gasteiger partial charge in [-0.15, -0.1) is 0 Å². The summed E-state index contributed by atoms with van der Waals surface area (Å²) in [6.07, 6.45) is -2.19. The highest BCUT2D eigenvalue weighted by Crippen LogP contribution is 2.44. The molecule has 1 atom stereocenters. The quantitative estimate of drug-likeness (QED) is 0.541. The second-order valence-electron chi connectivity index (χ2n) is 9.12. The van der Waals surface area contributed by atoms with E-state index in [9.17, 15) is 22.4 Å². The third-order valence-electron chi connectivity index (χ3n) is 6.76. The maximum absolute atomic E-state index is 14.3. The number of fused-ring (bicyclic) bond motifs is 1. The van der Waals surface area contributed by atoms with E-state index in [0.717, 1.165) is 38.2 Å². The molecule has 1 unspecified atom stereocenters. The molecule has 0 radical (unpaired) electrons. The number of aromatic nitrogens is 2. The Morgan fingerprint density at radius 1 is 1.11 bits per heavy atom. The fourth-order valence-electron chi connectivity index (χ4n) is 4.91. The van der Waals surface area contributed by atoms with Gasteiger partial charge in [-0.05, 0) is 38.1 Å². The van der Waals surface area contributed by atoms with Gasteiger partial charge >= 0.3 is 6.18 Å². The molecule has 0 bridgehead atoms. The number of ether oxygens (including phenoxy) is 1. The number of para-hydroxylation sites is 2. The van der Waals surface area contributed by atoms with Crippen LogP contribution in [0.15, 0.2) is 54.7 Å². The van der Waals surface area contributed by atoms with Crippen molar-refractivity contribution in [2.24, 2.45) is 0 Å². The molecule has 1 N–H and O–H groups in total. The molecule has 10 heteroatoms. The molecule has 1 amide bonds. The number of halogens is 4. The molecular weight excluding hydrogens is 464 g/mol. The Morgan fingerprint density at radius 2 is 1.80 bits per heavy atom. The Balaban J connectivity index is 1.49. The minimum absolute atomic E-state index is 0.388. The van der Waals surface area contributed by atoms with Crippen LogP contribution >= 0.6 is 0 Å². The van der Waals surface area contributed by atoms with Crippen LogP contribution in [0.2, 0.25) is 0 Å². The number of rotatable bonds is 3. The number of carbonyl (C=O) groups is 1. The number of alkyl halides is 3. The van der Waals surface area contributed by atoms with Crippen molar-refractivity contribution in [3.05, 3.63) is 77.4 Å². The summed E-state index contributed by atoms with van der Waals surface area (Å²) in [5.41, 5.74) is -2.18. The molecule has 2 aliphatic heterocycles. The van der Waals surface area contributed by atoms with Crippen molar-refractivity contribution in [1.29, 1.82) is 0 Å². The summed E-state index contributed by atoms with van der Waals surface area (Å²) in [6, 6.07) is 11.7. The lowest BCUT2D eigenvalue weighted by Gasteiger charge is -2.46. The van der Waals surface area contributed by atoms with Crippen molar-refractivity contribution in [2.75, 3.05) is 20.1 Å². The maximum Gasteiger partial charge on any atom is 0.434 e. The largest absolute Gasteiger partial charge is 0.487 e. The van der Waals surface area contributed by atoms with Gasteiger partial charge in [-0.1, -0.05) is 30.3 Å². The summed E-state index contributed by atoms with van der Waals surface area (Å²) in [4.78, 5) is 15.4. The van der Waals surface area contributed by atoms with Gasteiger partial charge in [0.15, 0.2) is 5.69 Å². The fraction of sp³-hybridized carbons (Fsp3) is 0.360. The standard InChI is InChI=1S/C25H24F4N4O2/c1-32-12-10-24(11-13-32)14-19(16-6-2-5-9-21(16)35-24)31-23(34)17-15-30-33(22(17)25(27,28)29)20-8-4-3-7-18(20)26/h2-9,15,19H,10-14H2,1H3,(H,31,34). The van der Waals surface area contributed by atoms with Crippen LogP contribution in [0.3, 0.4) is 0 Å². The van der Waals surface area contributed by atoms with Crippen molar-refractivity contribution in [2.45, 2.75) is 37.1 Å². The SMILES string of the molecule is CN1CCC2(CC1)CC(NC(=O)c1cnn(-c3ccccc3F)c1C(F)(F)F)c1ccccc1O2. The first kappa shape index (κ1) is 23.3. The molecule has 0 aliphatic carbocycles. The summed E-state index contributed by atoms with van der Waals surface area (Å²) in [7, 11) is 2.02. The molecule has 3 aromatic rings. The number of nitrogens with zero attached hydrogens (tertiary/aromatic N) is 3. The zero-order valence-corrected chi connectivity index (χ0v) is 19.0. The van der Waals surface area contributed by atoms with Crippen LogP contribution in [0, 0.1) is 5.82 Å². The third kappa shape index (κ3) is 4.38. The highest BCUT2D eigenvalue weighted by Gasteiger charge is 2.45.